The molecule has 32 heavy (non-hydrogen) atoms. The van der Waals surface area contributed by atoms with Crippen molar-refractivity contribution in [3.05, 3.63) is 66.7 Å². The summed E-state index contributed by atoms with van der Waals surface area (Å²) in [5, 5.41) is 6.88. The highest BCUT2D eigenvalue weighted by atomic mass is 19.1. The third-order valence-corrected chi connectivity index (χ3v) is 5.38. The fourth-order valence-corrected chi connectivity index (χ4v) is 3.83. The molecular weight excluding hydrogens is 405 g/mol. The quantitative estimate of drug-likeness (QED) is 0.384. The molecule has 0 fully saturated rings. The first-order valence-corrected chi connectivity index (χ1v) is 10.6. The fourth-order valence-electron chi connectivity index (χ4n) is 3.83. The highest BCUT2D eigenvalue weighted by Crippen LogP contribution is 2.38. The van der Waals surface area contributed by atoms with Crippen LogP contribution in [0.2, 0.25) is 0 Å². The van der Waals surface area contributed by atoms with Crippen LogP contribution >= 0.6 is 0 Å². The Morgan fingerprint density at radius 2 is 1.75 bits per heavy atom. The lowest BCUT2D eigenvalue weighted by molar-refractivity contribution is -0.118. The van der Waals surface area contributed by atoms with Crippen LogP contribution in [0.1, 0.15) is 20.3 Å². The molecule has 3 N–H and O–H groups in total. The standard InChI is InChI=1S/C25H26FN5O/c1-15(2)14-20(27-3)25(32)30-21-9-8-19-22(16-10-12-28-13-11-16)23(31-24(19)29-21)17-4-6-18(26)7-5-17/h4-13,15,20,27H,14H2,1-3H3,(H2,29,30,31,32)/t20-/m0/s1. The average molecular weight is 432 g/mol. The van der Waals surface area contributed by atoms with Crippen LogP contribution in [0.3, 0.4) is 0 Å². The van der Waals surface area contributed by atoms with Gasteiger partial charge in [0.25, 0.3) is 0 Å². The largest absolute Gasteiger partial charge is 0.339 e. The average Bonchev–Trinajstić information content (AvgIpc) is 3.17. The number of likely N-dealkylation sites (N-methyl/N-ethyl adjacent to an activating group) is 1. The van der Waals surface area contributed by atoms with Crippen LogP contribution in [0.4, 0.5) is 10.2 Å². The maximum atomic E-state index is 13.5. The van der Waals surface area contributed by atoms with Crippen molar-refractivity contribution in [2.24, 2.45) is 5.92 Å². The number of H-pyrrole nitrogens is 1. The molecule has 0 unspecified atom stereocenters. The SMILES string of the molecule is CN[C@@H](CC(C)C)C(=O)Nc1ccc2c(-c3ccncc3)c(-c3ccc(F)cc3)[nH]c2n1. The van der Waals surface area contributed by atoms with E-state index < -0.39 is 0 Å². The van der Waals surface area contributed by atoms with Crippen molar-refractivity contribution >= 4 is 22.8 Å². The van der Waals surface area contributed by atoms with Crippen molar-refractivity contribution < 1.29 is 9.18 Å². The molecule has 1 aromatic carbocycles. The van der Waals surface area contributed by atoms with Crippen LogP contribution in [0.15, 0.2) is 60.9 Å². The van der Waals surface area contributed by atoms with Crippen LogP contribution in [-0.4, -0.2) is 33.9 Å². The van der Waals surface area contributed by atoms with Crippen molar-refractivity contribution in [1.29, 1.82) is 0 Å². The predicted molar refractivity (Wildman–Crippen MR) is 126 cm³/mol. The number of hydrogen-bond donors (Lipinski definition) is 3. The Hall–Kier alpha value is -3.58. The Labute approximate surface area is 186 Å². The number of fused-ring (bicyclic) bond motifs is 1. The Bertz CT molecular complexity index is 1220. The first kappa shape index (κ1) is 21.6. The van der Waals surface area contributed by atoms with Gasteiger partial charge in [0.15, 0.2) is 0 Å². The van der Waals surface area contributed by atoms with Crippen molar-refractivity contribution in [3.63, 3.8) is 0 Å². The molecule has 4 aromatic rings. The zero-order chi connectivity index (χ0) is 22.7. The molecule has 3 aromatic heterocycles. The summed E-state index contributed by atoms with van der Waals surface area (Å²) < 4.78 is 13.5. The van der Waals surface area contributed by atoms with Crippen LogP contribution in [-0.2, 0) is 4.79 Å². The van der Waals surface area contributed by atoms with Gasteiger partial charge in [0.05, 0.1) is 11.7 Å². The summed E-state index contributed by atoms with van der Waals surface area (Å²) >= 11 is 0. The van der Waals surface area contributed by atoms with E-state index in [-0.39, 0.29) is 17.8 Å². The number of rotatable bonds is 7. The molecule has 0 aliphatic heterocycles. The van der Waals surface area contributed by atoms with Gasteiger partial charge in [-0.3, -0.25) is 9.78 Å². The first-order valence-electron chi connectivity index (χ1n) is 10.6. The number of aromatic amines is 1. The van der Waals surface area contributed by atoms with E-state index in [2.05, 4.69) is 39.4 Å². The molecule has 4 rings (SSSR count). The number of hydrogen-bond acceptors (Lipinski definition) is 4. The molecule has 0 bridgehead atoms. The van der Waals surface area contributed by atoms with Gasteiger partial charge in [-0.1, -0.05) is 13.8 Å². The Morgan fingerprint density at radius 1 is 1.03 bits per heavy atom. The lowest BCUT2D eigenvalue weighted by Crippen LogP contribution is -2.39. The number of amides is 1. The molecule has 0 aliphatic rings. The molecule has 164 valence electrons. The molecule has 1 amide bonds. The molecule has 0 aliphatic carbocycles. The number of pyridine rings is 2. The van der Waals surface area contributed by atoms with Crippen molar-refractivity contribution in [1.82, 2.24) is 20.3 Å². The third-order valence-electron chi connectivity index (χ3n) is 5.38. The number of anilines is 1. The lowest BCUT2D eigenvalue weighted by atomic mass is 10.00. The van der Waals surface area contributed by atoms with E-state index in [0.29, 0.717) is 17.4 Å². The summed E-state index contributed by atoms with van der Waals surface area (Å²) in [6.07, 6.45) is 4.20. The van der Waals surface area contributed by atoms with Crippen LogP contribution in [0.5, 0.6) is 0 Å². The summed E-state index contributed by atoms with van der Waals surface area (Å²) in [5.41, 5.74) is 4.23. The summed E-state index contributed by atoms with van der Waals surface area (Å²) in [6.45, 7) is 4.16. The van der Waals surface area contributed by atoms with Gasteiger partial charge in [-0.2, -0.15) is 0 Å². The van der Waals surface area contributed by atoms with E-state index in [1.165, 1.54) is 12.1 Å². The van der Waals surface area contributed by atoms with Gasteiger partial charge in [-0.25, -0.2) is 9.37 Å². The molecule has 3 heterocycles. The number of halogens is 1. The van der Waals surface area contributed by atoms with Gasteiger partial charge < -0.3 is 15.6 Å². The number of benzene rings is 1. The van der Waals surface area contributed by atoms with E-state index >= 15 is 0 Å². The van der Waals surface area contributed by atoms with E-state index in [4.69, 9.17) is 0 Å². The highest BCUT2D eigenvalue weighted by molar-refractivity contribution is 6.03. The molecule has 0 saturated heterocycles. The van der Waals surface area contributed by atoms with Gasteiger partial charge in [-0.05, 0) is 79.0 Å². The maximum Gasteiger partial charge on any atom is 0.242 e. The Kier molecular flexibility index (Phi) is 6.28. The molecule has 0 radical (unpaired) electrons. The van der Waals surface area contributed by atoms with E-state index in [0.717, 1.165) is 34.2 Å². The van der Waals surface area contributed by atoms with E-state index in [9.17, 15) is 9.18 Å². The number of aromatic nitrogens is 3. The first-order chi connectivity index (χ1) is 15.5. The topological polar surface area (TPSA) is 82.7 Å². The molecule has 6 nitrogen and oxygen atoms in total. The van der Waals surface area contributed by atoms with E-state index in [1.54, 1.807) is 37.6 Å². The molecule has 7 heteroatoms. The zero-order valence-corrected chi connectivity index (χ0v) is 18.3. The van der Waals surface area contributed by atoms with Gasteiger partial charge in [0.2, 0.25) is 5.91 Å². The normalized spacial score (nSPS) is 12.3. The monoisotopic (exact) mass is 431 g/mol. The molecule has 1 atom stereocenters. The second-order valence-electron chi connectivity index (χ2n) is 8.17. The predicted octanol–water partition coefficient (Wildman–Crippen LogP) is 5.00. The minimum Gasteiger partial charge on any atom is -0.339 e. The molecular formula is C25H26FN5O. The Morgan fingerprint density at radius 3 is 2.41 bits per heavy atom. The smallest absolute Gasteiger partial charge is 0.242 e. The third kappa shape index (κ3) is 4.53. The summed E-state index contributed by atoms with van der Waals surface area (Å²) in [5.74, 6) is 0.449. The summed E-state index contributed by atoms with van der Waals surface area (Å²) in [7, 11) is 1.78. The van der Waals surface area contributed by atoms with Gasteiger partial charge >= 0.3 is 0 Å². The van der Waals surface area contributed by atoms with Gasteiger partial charge in [-0.15, -0.1) is 0 Å². The summed E-state index contributed by atoms with van der Waals surface area (Å²) in [4.78, 5) is 24.8. The van der Waals surface area contributed by atoms with E-state index in [1.807, 2.05) is 18.2 Å². The van der Waals surface area contributed by atoms with Crippen LogP contribution in [0.25, 0.3) is 33.4 Å². The second kappa shape index (κ2) is 9.28. The fraction of sp³-hybridized carbons (Fsp3) is 0.240. The molecule has 0 saturated carbocycles. The number of carbonyl (C=O) groups is 1. The lowest BCUT2D eigenvalue weighted by Gasteiger charge is -2.17. The van der Waals surface area contributed by atoms with Crippen LogP contribution < -0.4 is 10.6 Å². The second-order valence-corrected chi connectivity index (χ2v) is 8.17. The minimum atomic E-state index is -0.293. The zero-order valence-electron chi connectivity index (χ0n) is 18.3. The van der Waals surface area contributed by atoms with Crippen molar-refractivity contribution in [3.8, 4) is 22.4 Å². The summed E-state index contributed by atoms with van der Waals surface area (Å²) in [6, 6.07) is 13.6. The van der Waals surface area contributed by atoms with Crippen molar-refractivity contribution in [2.75, 3.05) is 12.4 Å². The number of nitrogens with one attached hydrogen (secondary N) is 3. The molecule has 0 spiro atoms. The van der Waals surface area contributed by atoms with Gasteiger partial charge in [0, 0.05) is 23.3 Å². The number of nitrogens with zero attached hydrogens (tertiary/aromatic N) is 2. The maximum absolute atomic E-state index is 13.5. The Balaban J connectivity index is 1.76. The highest BCUT2D eigenvalue weighted by Gasteiger charge is 2.20. The van der Waals surface area contributed by atoms with Gasteiger partial charge in [0.1, 0.15) is 17.3 Å². The minimum absolute atomic E-state index is 0.118. The number of carbonyl (C=O) groups excluding carboxylic acids is 1. The van der Waals surface area contributed by atoms with Crippen LogP contribution in [0, 0.1) is 11.7 Å². The van der Waals surface area contributed by atoms with Crippen molar-refractivity contribution in [2.45, 2.75) is 26.3 Å².